The lowest BCUT2D eigenvalue weighted by Crippen LogP contribution is -2.34. The molecule has 1 aliphatic heterocycles. The van der Waals surface area contributed by atoms with Gasteiger partial charge in [0, 0.05) is 36.2 Å². The predicted octanol–water partition coefficient (Wildman–Crippen LogP) is 4.31. The Morgan fingerprint density at radius 3 is 2.68 bits per heavy atom. The smallest absolute Gasteiger partial charge is 0.148 e. The summed E-state index contributed by atoms with van der Waals surface area (Å²) in [6.45, 7) is 16.0. The molecule has 1 aromatic heterocycles. The first-order chi connectivity index (χ1) is 14.9. The number of hydrazone groups is 2. The van der Waals surface area contributed by atoms with Gasteiger partial charge in [0.25, 0.3) is 0 Å². The largest absolute Gasteiger partial charge is 0.372 e. The molecule has 2 heterocycles. The van der Waals surface area contributed by atoms with Gasteiger partial charge in [-0.2, -0.15) is 15.3 Å². The Morgan fingerprint density at radius 2 is 2.06 bits per heavy atom. The summed E-state index contributed by atoms with van der Waals surface area (Å²) in [6, 6.07) is 6.15. The number of hydrogen-bond acceptors (Lipinski definition) is 7. The fraction of sp³-hybridized carbons (Fsp3) is 0.409. The van der Waals surface area contributed by atoms with Gasteiger partial charge in [0.05, 0.1) is 12.6 Å². The molecule has 0 N–H and O–H groups in total. The summed E-state index contributed by atoms with van der Waals surface area (Å²) in [7, 11) is 0. The Balaban J connectivity index is 1.66. The number of piperidine rings is 1. The first-order valence-corrected chi connectivity index (χ1v) is 10.7. The van der Waals surface area contributed by atoms with Crippen LogP contribution in [-0.4, -0.2) is 55.7 Å². The van der Waals surface area contributed by atoms with Crippen LogP contribution in [0.4, 0.5) is 0 Å². The molecule has 1 aromatic carbocycles. The van der Waals surface area contributed by atoms with Gasteiger partial charge in [0.2, 0.25) is 0 Å². The van der Waals surface area contributed by atoms with Crippen LogP contribution in [0.3, 0.4) is 0 Å². The molecule has 9 heteroatoms. The molecule has 1 saturated heterocycles. The predicted molar refractivity (Wildman–Crippen MR) is 126 cm³/mol. The van der Waals surface area contributed by atoms with E-state index in [0.29, 0.717) is 17.6 Å². The van der Waals surface area contributed by atoms with Gasteiger partial charge in [-0.3, -0.25) is 0 Å². The number of aromatic nitrogens is 4. The van der Waals surface area contributed by atoms with Crippen molar-refractivity contribution in [1.82, 2.24) is 30.2 Å². The summed E-state index contributed by atoms with van der Waals surface area (Å²) >= 11 is 6.23. The average Bonchev–Trinajstić information content (AvgIpc) is 3.18. The van der Waals surface area contributed by atoms with Crippen molar-refractivity contribution >= 4 is 30.1 Å². The third kappa shape index (κ3) is 6.01. The second kappa shape index (κ2) is 10.3. The maximum atomic E-state index is 6.23. The van der Waals surface area contributed by atoms with E-state index in [2.05, 4.69) is 56.1 Å². The SMILES string of the molecule is C=NN(Cc1cc(Cl)ccc1/C=C/C(=C)N1CCC(n2nnnc2C)CC1)N=C(C)C. The molecular weight excluding hydrogens is 412 g/mol. The van der Waals surface area contributed by atoms with E-state index in [1.54, 1.807) is 5.12 Å². The summed E-state index contributed by atoms with van der Waals surface area (Å²) in [5.74, 6) is 0.859. The lowest BCUT2D eigenvalue weighted by Gasteiger charge is -2.33. The van der Waals surface area contributed by atoms with E-state index in [1.165, 1.54) is 0 Å². The first kappa shape index (κ1) is 22.7. The molecule has 0 spiro atoms. The minimum absolute atomic E-state index is 0.339. The fourth-order valence-electron chi connectivity index (χ4n) is 3.64. The zero-order valence-electron chi connectivity index (χ0n) is 18.4. The molecule has 0 unspecified atom stereocenters. The molecule has 0 saturated carbocycles. The zero-order chi connectivity index (χ0) is 22.4. The summed E-state index contributed by atoms with van der Waals surface area (Å²) in [5, 5.41) is 22.5. The number of tetrazole rings is 1. The highest BCUT2D eigenvalue weighted by atomic mass is 35.5. The van der Waals surface area contributed by atoms with Gasteiger partial charge in [-0.05, 0) is 73.4 Å². The normalized spacial score (nSPS) is 14.6. The Kier molecular flexibility index (Phi) is 7.57. The van der Waals surface area contributed by atoms with Crippen LogP contribution in [0.25, 0.3) is 6.08 Å². The van der Waals surface area contributed by atoms with Gasteiger partial charge in [0.15, 0.2) is 0 Å². The highest BCUT2D eigenvalue weighted by Gasteiger charge is 2.22. The number of allylic oxidation sites excluding steroid dienone is 1. The third-order valence-electron chi connectivity index (χ3n) is 5.22. The summed E-state index contributed by atoms with van der Waals surface area (Å²) < 4.78 is 1.93. The van der Waals surface area contributed by atoms with Crippen LogP contribution in [0, 0.1) is 6.92 Å². The molecule has 3 rings (SSSR count). The van der Waals surface area contributed by atoms with Gasteiger partial charge < -0.3 is 4.90 Å². The fourth-order valence-corrected chi connectivity index (χ4v) is 3.83. The highest BCUT2D eigenvalue weighted by Crippen LogP contribution is 2.25. The molecule has 8 nitrogen and oxygen atoms in total. The molecule has 1 fully saturated rings. The van der Waals surface area contributed by atoms with Crippen molar-refractivity contribution in [3.63, 3.8) is 0 Å². The van der Waals surface area contributed by atoms with Crippen LogP contribution in [-0.2, 0) is 6.54 Å². The molecule has 164 valence electrons. The Bertz CT molecular complexity index is 981. The number of hydrogen-bond donors (Lipinski definition) is 0. The number of aryl methyl sites for hydroxylation is 1. The maximum absolute atomic E-state index is 6.23. The van der Waals surface area contributed by atoms with Crippen molar-refractivity contribution in [3.8, 4) is 0 Å². The van der Waals surface area contributed by atoms with Crippen molar-refractivity contribution in [1.29, 1.82) is 0 Å². The monoisotopic (exact) mass is 440 g/mol. The van der Waals surface area contributed by atoms with E-state index in [9.17, 15) is 0 Å². The molecule has 0 radical (unpaired) electrons. The van der Waals surface area contributed by atoms with Gasteiger partial charge >= 0.3 is 0 Å². The third-order valence-corrected chi connectivity index (χ3v) is 5.46. The topological polar surface area (TPSA) is 74.8 Å². The van der Waals surface area contributed by atoms with Crippen LogP contribution < -0.4 is 0 Å². The van der Waals surface area contributed by atoms with Gasteiger partial charge in [0.1, 0.15) is 5.82 Å². The highest BCUT2D eigenvalue weighted by molar-refractivity contribution is 6.30. The number of nitrogens with zero attached hydrogens (tertiary/aromatic N) is 8. The Morgan fingerprint density at radius 1 is 1.32 bits per heavy atom. The molecule has 0 bridgehead atoms. The van der Waals surface area contributed by atoms with E-state index < -0.39 is 0 Å². The van der Waals surface area contributed by atoms with E-state index >= 15 is 0 Å². The lowest BCUT2D eigenvalue weighted by molar-refractivity contribution is 0.220. The van der Waals surface area contributed by atoms with Gasteiger partial charge in [-0.15, -0.1) is 5.10 Å². The molecule has 2 aromatic rings. The van der Waals surface area contributed by atoms with Gasteiger partial charge in [-0.1, -0.05) is 30.3 Å². The van der Waals surface area contributed by atoms with E-state index in [1.807, 2.05) is 43.7 Å². The molecule has 1 aliphatic rings. The summed E-state index contributed by atoms with van der Waals surface area (Å²) in [6.07, 6.45) is 6.09. The maximum Gasteiger partial charge on any atom is 0.148 e. The average molecular weight is 441 g/mol. The summed E-state index contributed by atoms with van der Waals surface area (Å²) in [5.41, 5.74) is 3.94. The van der Waals surface area contributed by atoms with E-state index in [0.717, 1.165) is 54.3 Å². The number of rotatable bonds is 8. The first-order valence-electron chi connectivity index (χ1n) is 10.3. The minimum Gasteiger partial charge on any atom is -0.372 e. The standard InChI is InChI=1S/C22H29ClN8/c1-16(2)26-30(24-5)15-20-14-21(23)9-8-19(20)7-6-17(3)29-12-10-22(11-13-29)31-18(4)25-27-28-31/h6-9,14,22H,3,5,10-13,15H2,1-2,4H3/b7-6+. The minimum atomic E-state index is 0.339. The number of benzene rings is 1. The lowest BCUT2D eigenvalue weighted by atomic mass is 10.0. The number of likely N-dealkylation sites (tertiary alicyclic amines) is 1. The molecule has 0 aliphatic carbocycles. The van der Waals surface area contributed by atoms with E-state index in [-0.39, 0.29) is 0 Å². The van der Waals surface area contributed by atoms with Crippen molar-refractivity contribution in [3.05, 3.63) is 58.5 Å². The van der Waals surface area contributed by atoms with Crippen molar-refractivity contribution in [2.75, 3.05) is 13.1 Å². The number of halogens is 1. The van der Waals surface area contributed by atoms with Crippen molar-refractivity contribution in [2.45, 2.75) is 46.2 Å². The molecule has 31 heavy (non-hydrogen) atoms. The van der Waals surface area contributed by atoms with Crippen LogP contribution in [0.1, 0.15) is 49.7 Å². The molecule has 0 atom stereocenters. The Labute approximate surface area is 188 Å². The second-order valence-corrected chi connectivity index (χ2v) is 8.21. The quantitative estimate of drug-likeness (QED) is 0.347. The van der Waals surface area contributed by atoms with Crippen molar-refractivity contribution < 1.29 is 0 Å². The van der Waals surface area contributed by atoms with Crippen molar-refractivity contribution in [2.24, 2.45) is 10.2 Å². The Hall–Kier alpha value is -3.00. The van der Waals surface area contributed by atoms with E-state index in [4.69, 9.17) is 11.6 Å². The molecular formula is C22H29ClN8. The van der Waals surface area contributed by atoms with Crippen LogP contribution in [0.2, 0.25) is 5.02 Å². The van der Waals surface area contributed by atoms with Gasteiger partial charge in [-0.25, -0.2) is 4.68 Å². The zero-order valence-corrected chi connectivity index (χ0v) is 19.1. The molecule has 0 amide bonds. The second-order valence-electron chi connectivity index (χ2n) is 7.78. The van der Waals surface area contributed by atoms with Crippen LogP contribution in [0.5, 0.6) is 0 Å². The van der Waals surface area contributed by atoms with Crippen LogP contribution >= 0.6 is 11.6 Å². The van der Waals surface area contributed by atoms with Crippen LogP contribution in [0.15, 0.2) is 46.8 Å². The summed E-state index contributed by atoms with van der Waals surface area (Å²) in [4.78, 5) is 2.30.